The van der Waals surface area contributed by atoms with Gasteiger partial charge in [-0.1, -0.05) is 43.3 Å². The van der Waals surface area contributed by atoms with Gasteiger partial charge in [-0.05, 0) is 29.7 Å². The van der Waals surface area contributed by atoms with Gasteiger partial charge in [0.2, 0.25) is 5.76 Å². The molecule has 5 rings (SSSR count). The van der Waals surface area contributed by atoms with E-state index in [1.165, 1.54) is 16.9 Å². The Morgan fingerprint density at radius 1 is 1.11 bits per heavy atom. The van der Waals surface area contributed by atoms with Crippen molar-refractivity contribution in [1.29, 1.82) is 0 Å². The standard InChI is InChI=1S/C22H16N2O3S/c1-2-13-7-9-14(10-8-13)18-17-19(25)15-5-3-4-6-16(15)27-20(17)21(26)24(18)22-23-11-12-28-22/h3-12,18H,2H2,1H3/t18-/m0/s1. The van der Waals surface area contributed by atoms with Gasteiger partial charge in [-0.3, -0.25) is 14.5 Å². The Morgan fingerprint density at radius 2 is 1.89 bits per heavy atom. The molecule has 1 aliphatic rings. The van der Waals surface area contributed by atoms with Gasteiger partial charge in [0.05, 0.1) is 17.0 Å². The molecule has 28 heavy (non-hydrogen) atoms. The molecule has 0 unspecified atom stereocenters. The van der Waals surface area contributed by atoms with Crippen molar-refractivity contribution in [2.24, 2.45) is 0 Å². The van der Waals surface area contributed by atoms with E-state index in [1.54, 1.807) is 35.4 Å². The average molecular weight is 388 g/mol. The highest BCUT2D eigenvalue weighted by atomic mass is 32.1. The first-order valence-corrected chi connectivity index (χ1v) is 9.94. The fraction of sp³-hybridized carbons (Fsp3) is 0.136. The number of amides is 1. The molecule has 2 aromatic carbocycles. The number of aryl methyl sites for hydroxylation is 1. The van der Waals surface area contributed by atoms with E-state index in [0.717, 1.165) is 12.0 Å². The number of carbonyl (C=O) groups excluding carboxylic acids is 1. The molecular weight excluding hydrogens is 372 g/mol. The molecule has 0 spiro atoms. The highest BCUT2D eigenvalue weighted by Gasteiger charge is 2.44. The van der Waals surface area contributed by atoms with E-state index in [4.69, 9.17) is 4.42 Å². The molecule has 4 aromatic rings. The van der Waals surface area contributed by atoms with E-state index in [1.807, 2.05) is 29.6 Å². The molecule has 0 bridgehead atoms. The second-order valence-corrected chi connectivity index (χ2v) is 7.53. The fourth-order valence-corrected chi connectivity index (χ4v) is 4.37. The van der Waals surface area contributed by atoms with E-state index in [9.17, 15) is 9.59 Å². The fourth-order valence-electron chi connectivity index (χ4n) is 3.70. The third-order valence-corrected chi connectivity index (χ3v) is 5.88. The number of carbonyl (C=O) groups is 1. The van der Waals surface area contributed by atoms with Crippen LogP contribution in [0.3, 0.4) is 0 Å². The van der Waals surface area contributed by atoms with Gasteiger partial charge in [-0.25, -0.2) is 4.98 Å². The van der Waals surface area contributed by atoms with E-state index in [0.29, 0.717) is 21.7 Å². The first-order chi connectivity index (χ1) is 13.7. The number of nitrogens with zero attached hydrogens (tertiary/aromatic N) is 2. The SMILES string of the molecule is CCc1ccc([C@H]2c3c(oc4ccccc4c3=O)C(=O)N2c2nccs2)cc1. The summed E-state index contributed by atoms with van der Waals surface area (Å²) in [7, 11) is 0. The van der Waals surface area contributed by atoms with Crippen LogP contribution in [0.15, 0.2) is 69.3 Å². The molecule has 0 aliphatic carbocycles. The first kappa shape index (κ1) is 16.9. The molecule has 1 aliphatic heterocycles. The van der Waals surface area contributed by atoms with Crippen molar-refractivity contribution >= 4 is 33.3 Å². The summed E-state index contributed by atoms with van der Waals surface area (Å²) >= 11 is 1.36. The van der Waals surface area contributed by atoms with Gasteiger partial charge in [-0.2, -0.15) is 0 Å². The van der Waals surface area contributed by atoms with Crippen molar-refractivity contribution in [2.45, 2.75) is 19.4 Å². The summed E-state index contributed by atoms with van der Waals surface area (Å²) in [6, 6.07) is 14.5. The Kier molecular flexibility index (Phi) is 3.87. The first-order valence-electron chi connectivity index (χ1n) is 9.06. The summed E-state index contributed by atoms with van der Waals surface area (Å²) in [5.74, 6) is -0.235. The van der Waals surface area contributed by atoms with Gasteiger partial charge < -0.3 is 4.42 Å². The van der Waals surface area contributed by atoms with Crippen molar-refractivity contribution in [3.63, 3.8) is 0 Å². The Bertz CT molecular complexity index is 1240. The number of para-hydroxylation sites is 1. The molecule has 1 amide bonds. The quantitative estimate of drug-likeness (QED) is 0.516. The second-order valence-electron chi connectivity index (χ2n) is 6.66. The predicted molar refractivity (Wildman–Crippen MR) is 109 cm³/mol. The van der Waals surface area contributed by atoms with E-state index in [2.05, 4.69) is 11.9 Å². The number of hydrogen-bond donors (Lipinski definition) is 0. The minimum absolute atomic E-state index is 0.100. The van der Waals surface area contributed by atoms with E-state index < -0.39 is 6.04 Å². The largest absolute Gasteiger partial charge is 0.450 e. The Labute approximate surface area is 164 Å². The van der Waals surface area contributed by atoms with Gasteiger partial charge in [0.25, 0.3) is 5.91 Å². The number of anilines is 1. The van der Waals surface area contributed by atoms with Crippen LogP contribution in [0.4, 0.5) is 5.13 Å². The summed E-state index contributed by atoms with van der Waals surface area (Å²) in [6.07, 6.45) is 2.57. The summed E-state index contributed by atoms with van der Waals surface area (Å²) < 4.78 is 5.91. The zero-order valence-electron chi connectivity index (χ0n) is 15.1. The van der Waals surface area contributed by atoms with Crippen molar-refractivity contribution < 1.29 is 9.21 Å². The number of aromatic nitrogens is 1. The number of benzene rings is 2. The van der Waals surface area contributed by atoms with Gasteiger partial charge in [0, 0.05) is 11.6 Å². The lowest BCUT2D eigenvalue weighted by atomic mass is 9.97. The van der Waals surface area contributed by atoms with Crippen LogP contribution in [0.5, 0.6) is 0 Å². The smallest absolute Gasteiger partial charge is 0.297 e. The number of fused-ring (bicyclic) bond motifs is 2. The molecule has 5 nitrogen and oxygen atoms in total. The predicted octanol–water partition coefficient (Wildman–Crippen LogP) is 4.56. The van der Waals surface area contributed by atoms with Gasteiger partial charge in [0.1, 0.15) is 5.58 Å². The lowest BCUT2D eigenvalue weighted by Crippen LogP contribution is -2.29. The molecule has 1 atom stereocenters. The average Bonchev–Trinajstić information content (AvgIpc) is 3.35. The van der Waals surface area contributed by atoms with Crippen molar-refractivity contribution in [2.75, 3.05) is 4.90 Å². The Hall–Kier alpha value is -3.25. The second kappa shape index (κ2) is 6.42. The summed E-state index contributed by atoms with van der Waals surface area (Å²) in [6.45, 7) is 2.09. The van der Waals surface area contributed by atoms with Crippen LogP contribution in [0.2, 0.25) is 0 Å². The lowest BCUT2D eigenvalue weighted by Gasteiger charge is -2.22. The number of hydrogen-bond acceptors (Lipinski definition) is 5. The summed E-state index contributed by atoms with van der Waals surface area (Å²) in [5.41, 5.74) is 2.68. The van der Waals surface area contributed by atoms with Crippen LogP contribution in [-0.2, 0) is 6.42 Å². The summed E-state index contributed by atoms with van der Waals surface area (Å²) in [4.78, 5) is 32.5. The third kappa shape index (κ3) is 2.42. The molecule has 0 radical (unpaired) electrons. The molecule has 3 heterocycles. The summed E-state index contributed by atoms with van der Waals surface area (Å²) in [5, 5.41) is 2.84. The minimum Gasteiger partial charge on any atom is -0.450 e. The zero-order chi connectivity index (χ0) is 19.3. The monoisotopic (exact) mass is 388 g/mol. The van der Waals surface area contributed by atoms with Crippen LogP contribution in [-0.4, -0.2) is 10.9 Å². The van der Waals surface area contributed by atoms with Crippen molar-refractivity contribution in [1.82, 2.24) is 4.98 Å². The normalized spacial score (nSPS) is 16.0. The van der Waals surface area contributed by atoms with Crippen molar-refractivity contribution in [3.8, 4) is 0 Å². The van der Waals surface area contributed by atoms with Crippen LogP contribution >= 0.6 is 11.3 Å². The van der Waals surface area contributed by atoms with E-state index in [-0.39, 0.29) is 17.1 Å². The Morgan fingerprint density at radius 3 is 2.61 bits per heavy atom. The molecule has 0 N–H and O–H groups in total. The highest BCUT2D eigenvalue weighted by molar-refractivity contribution is 7.13. The van der Waals surface area contributed by atoms with Gasteiger partial charge in [0.15, 0.2) is 10.6 Å². The maximum Gasteiger partial charge on any atom is 0.297 e. The highest BCUT2D eigenvalue weighted by Crippen LogP contribution is 2.41. The van der Waals surface area contributed by atoms with E-state index >= 15 is 0 Å². The molecule has 0 saturated heterocycles. The third-order valence-electron chi connectivity index (χ3n) is 5.11. The van der Waals surface area contributed by atoms with Crippen LogP contribution in [0.1, 0.15) is 40.2 Å². The zero-order valence-corrected chi connectivity index (χ0v) is 15.9. The molecule has 2 aromatic heterocycles. The van der Waals surface area contributed by atoms with Crippen LogP contribution < -0.4 is 10.3 Å². The van der Waals surface area contributed by atoms with Crippen LogP contribution in [0, 0.1) is 0 Å². The lowest BCUT2D eigenvalue weighted by molar-refractivity contribution is 0.0971. The maximum atomic E-state index is 13.3. The maximum absolute atomic E-state index is 13.3. The molecule has 6 heteroatoms. The molecular formula is C22H16N2O3S. The van der Waals surface area contributed by atoms with Crippen LogP contribution in [0.25, 0.3) is 11.0 Å². The number of rotatable bonds is 3. The molecule has 0 saturated carbocycles. The van der Waals surface area contributed by atoms with Gasteiger partial charge in [-0.15, -0.1) is 11.3 Å². The topological polar surface area (TPSA) is 63.4 Å². The molecule has 0 fully saturated rings. The molecule has 138 valence electrons. The van der Waals surface area contributed by atoms with Crippen molar-refractivity contribution in [3.05, 3.63) is 92.8 Å². The number of thiazole rings is 1. The Balaban J connectivity index is 1.80. The minimum atomic E-state index is -0.555. The van der Waals surface area contributed by atoms with Gasteiger partial charge >= 0.3 is 0 Å².